The van der Waals surface area contributed by atoms with Gasteiger partial charge in [0.2, 0.25) is 5.91 Å². The molecule has 1 aromatic rings. The third kappa shape index (κ3) is 3.10. The van der Waals surface area contributed by atoms with E-state index in [1.165, 1.54) is 12.5 Å². The number of amides is 1. The SMILES string of the molecule is O=C(O)c1cccc(N2CCC3(CC2)CC3C(=O)N2CCCCC2)n1. The number of carbonyl (C=O) groups excluding carboxylic acids is 1. The predicted octanol–water partition coefficient (Wildman–Crippen LogP) is 2.40. The van der Waals surface area contributed by atoms with Crippen LogP contribution < -0.4 is 4.90 Å². The first kappa shape index (κ1) is 16.4. The number of carbonyl (C=O) groups is 2. The Labute approximate surface area is 147 Å². The first-order chi connectivity index (χ1) is 12.1. The molecule has 3 fully saturated rings. The van der Waals surface area contributed by atoms with E-state index in [2.05, 4.69) is 14.8 Å². The molecule has 3 aliphatic rings. The van der Waals surface area contributed by atoms with E-state index >= 15 is 0 Å². The van der Waals surface area contributed by atoms with E-state index in [4.69, 9.17) is 5.11 Å². The van der Waals surface area contributed by atoms with Crippen LogP contribution >= 0.6 is 0 Å². The van der Waals surface area contributed by atoms with Crippen LogP contribution in [0, 0.1) is 11.3 Å². The molecule has 2 saturated heterocycles. The fourth-order valence-corrected chi connectivity index (χ4v) is 4.48. The lowest BCUT2D eigenvalue weighted by Gasteiger charge is -2.34. The van der Waals surface area contributed by atoms with Gasteiger partial charge in [-0.1, -0.05) is 6.07 Å². The van der Waals surface area contributed by atoms with Crippen LogP contribution in [0.1, 0.15) is 49.0 Å². The fraction of sp³-hybridized carbons (Fsp3) is 0.632. The second kappa shape index (κ2) is 6.32. The van der Waals surface area contributed by atoms with Crippen LogP contribution in [0.3, 0.4) is 0 Å². The second-order valence-electron chi connectivity index (χ2n) is 7.68. The quantitative estimate of drug-likeness (QED) is 0.912. The Kier molecular flexibility index (Phi) is 4.13. The molecule has 0 aromatic carbocycles. The Morgan fingerprint density at radius 2 is 1.80 bits per heavy atom. The molecule has 1 atom stereocenters. The smallest absolute Gasteiger partial charge is 0.354 e. The van der Waals surface area contributed by atoms with Gasteiger partial charge in [0.1, 0.15) is 5.82 Å². The lowest BCUT2D eigenvalue weighted by molar-refractivity contribution is -0.134. The van der Waals surface area contributed by atoms with Gasteiger partial charge < -0.3 is 14.9 Å². The number of aromatic nitrogens is 1. The standard InChI is InChI=1S/C19H25N3O3/c23-17(22-9-2-1-3-10-22)14-13-19(14)7-11-21(12-8-19)16-6-4-5-15(20-16)18(24)25/h4-6,14H,1-3,7-13H2,(H,24,25). The zero-order valence-electron chi connectivity index (χ0n) is 14.5. The molecule has 1 unspecified atom stereocenters. The van der Waals surface area contributed by atoms with Gasteiger partial charge in [0.25, 0.3) is 0 Å². The molecule has 25 heavy (non-hydrogen) atoms. The number of anilines is 1. The summed E-state index contributed by atoms with van der Waals surface area (Å²) < 4.78 is 0. The van der Waals surface area contributed by atoms with Gasteiger partial charge in [-0.2, -0.15) is 0 Å². The number of hydrogen-bond donors (Lipinski definition) is 1. The van der Waals surface area contributed by atoms with Gasteiger partial charge in [-0.15, -0.1) is 0 Å². The van der Waals surface area contributed by atoms with Gasteiger partial charge in [-0.05, 0) is 56.1 Å². The number of aromatic carboxylic acids is 1. The minimum Gasteiger partial charge on any atom is -0.477 e. The topological polar surface area (TPSA) is 73.7 Å². The molecule has 6 heteroatoms. The molecule has 1 saturated carbocycles. The Balaban J connectivity index is 1.37. The van der Waals surface area contributed by atoms with Crippen molar-refractivity contribution in [2.75, 3.05) is 31.1 Å². The highest BCUT2D eigenvalue weighted by molar-refractivity contribution is 5.85. The Morgan fingerprint density at radius 3 is 2.48 bits per heavy atom. The average molecular weight is 343 g/mol. The predicted molar refractivity (Wildman–Crippen MR) is 93.6 cm³/mol. The first-order valence-electron chi connectivity index (χ1n) is 9.33. The molecule has 134 valence electrons. The molecule has 1 aliphatic carbocycles. The summed E-state index contributed by atoms with van der Waals surface area (Å²) in [4.78, 5) is 32.3. The number of carboxylic acid groups (broad SMARTS) is 1. The van der Waals surface area contributed by atoms with Gasteiger partial charge in [0, 0.05) is 32.1 Å². The molecule has 1 amide bonds. The van der Waals surface area contributed by atoms with Gasteiger partial charge in [0.05, 0.1) is 0 Å². The Hall–Kier alpha value is -2.11. The highest BCUT2D eigenvalue weighted by atomic mass is 16.4. The lowest BCUT2D eigenvalue weighted by Crippen LogP contribution is -2.40. The van der Waals surface area contributed by atoms with E-state index in [1.54, 1.807) is 6.07 Å². The number of pyridine rings is 1. The van der Waals surface area contributed by atoms with Gasteiger partial charge >= 0.3 is 5.97 Å². The third-order valence-corrected chi connectivity index (χ3v) is 6.19. The van der Waals surface area contributed by atoms with Crippen molar-refractivity contribution >= 4 is 17.7 Å². The summed E-state index contributed by atoms with van der Waals surface area (Å²) in [7, 11) is 0. The van der Waals surface area contributed by atoms with Crippen molar-refractivity contribution in [3.8, 4) is 0 Å². The van der Waals surface area contributed by atoms with Crippen molar-refractivity contribution < 1.29 is 14.7 Å². The van der Waals surface area contributed by atoms with Gasteiger partial charge in [-0.3, -0.25) is 4.79 Å². The summed E-state index contributed by atoms with van der Waals surface area (Å²) in [5, 5.41) is 9.10. The molecule has 0 bridgehead atoms. The van der Waals surface area contributed by atoms with E-state index < -0.39 is 5.97 Å². The summed E-state index contributed by atoms with van der Waals surface area (Å²) in [6, 6.07) is 5.13. The molecule has 1 N–H and O–H groups in total. The van der Waals surface area contributed by atoms with Gasteiger partial charge in [0.15, 0.2) is 5.69 Å². The van der Waals surface area contributed by atoms with Crippen molar-refractivity contribution in [1.82, 2.24) is 9.88 Å². The summed E-state index contributed by atoms with van der Waals surface area (Å²) in [5.74, 6) is 0.323. The minimum absolute atomic E-state index is 0.0855. The monoisotopic (exact) mass is 343 g/mol. The number of hydrogen-bond acceptors (Lipinski definition) is 4. The zero-order chi connectivity index (χ0) is 17.4. The minimum atomic E-state index is -0.996. The number of rotatable bonds is 3. The summed E-state index contributed by atoms with van der Waals surface area (Å²) in [5.41, 5.74) is 0.275. The van der Waals surface area contributed by atoms with Crippen LogP contribution in [0.5, 0.6) is 0 Å². The summed E-state index contributed by atoms with van der Waals surface area (Å²) in [6.07, 6.45) is 6.55. The highest BCUT2D eigenvalue weighted by Gasteiger charge is 2.59. The van der Waals surface area contributed by atoms with E-state index in [-0.39, 0.29) is 17.0 Å². The van der Waals surface area contributed by atoms with Crippen molar-refractivity contribution in [1.29, 1.82) is 0 Å². The van der Waals surface area contributed by atoms with Crippen molar-refractivity contribution in [3.63, 3.8) is 0 Å². The zero-order valence-corrected chi connectivity index (χ0v) is 14.5. The normalized spacial score (nSPS) is 25.0. The van der Waals surface area contributed by atoms with Crippen LogP contribution in [-0.4, -0.2) is 53.0 Å². The van der Waals surface area contributed by atoms with E-state index in [9.17, 15) is 9.59 Å². The van der Waals surface area contributed by atoms with E-state index in [1.807, 2.05) is 6.07 Å². The first-order valence-corrected chi connectivity index (χ1v) is 9.33. The lowest BCUT2D eigenvalue weighted by atomic mass is 9.90. The van der Waals surface area contributed by atoms with E-state index in [0.717, 1.165) is 64.1 Å². The molecule has 4 rings (SSSR count). The number of carboxylic acids is 1. The van der Waals surface area contributed by atoms with Crippen molar-refractivity contribution in [2.45, 2.75) is 38.5 Å². The molecule has 0 radical (unpaired) electrons. The molecule has 1 aromatic heterocycles. The Bertz CT molecular complexity index is 676. The second-order valence-corrected chi connectivity index (χ2v) is 7.68. The van der Waals surface area contributed by atoms with Crippen LogP contribution in [0.15, 0.2) is 18.2 Å². The number of piperidine rings is 2. The Morgan fingerprint density at radius 1 is 1.08 bits per heavy atom. The van der Waals surface area contributed by atoms with Crippen LogP contribution in [0.4, 0.5) is 5.82 Å². The maximum absolute atomic E-state index is 12.7. The van der Waals surface area contributed by atoms with Crippen LogP contribution in [0.2, 0.25) is 0 Å². The molecular weight excluding hydrogens is 318 g/mol. The third-order valence-electron chi connectivity index (χ3n) is 6.19. The molecular formula is C19H25N3O3. The maximum Gasteiger partial charge on any atom is 0.354 e. The summed E-state index contributed by atoms with van der Waals surface area (Å²) in [6.45, 7) is 3.56. The molecule has 6 nitrogen and oxygen atoms in total. The van der Waals surface area contributed by atoms with Crippen LogP contribution in [-0.2, 0) is 4.79 Å². The van der Waals surface area contributed by atoms with Crippen molar-refractivity contribution in [2.24, 2.45) is 11.3 Å². The van der Waals surface area contributed by atoms with Crippen molar-refractivity contribution in [3.05, 3.63) is 23.9 Å². The van der Waals surface area contributed by atoms with Gasteiger partial charge in [-0.25, -0.2) is 9.78 Å². The molecule has 1 spiro atoms. The number of likely N-dealkylation sites (tertiary alicyclic amines) is 1. The number of nitrogens with zero attached hydrogens (tertiary/aromatic N) is 3. The van der Waals surface area contributed by atoms with Crippen LogP contribution in [0.25, 0.3) is 0 Å². The summed E-state index contributed by atoms with van der Waals surface area (Å²) >= 11 is 0. The largest absolute Gasteiger partial charge is 0.477 e. The highest BCUT2D eigenvalue weighted by Crippen LogP contribution is 2.60. The molecule has 2 aliphatic heterocycles. The fourth-order valence-electron chi connectivity index (χ4n) is 4.48. The molecule has 3 heterocycles. The average Bonchev–Trinajstić information content (AvgIpc) is 3.35. The van der Waals surface area contributed by atoms with E-state index in [0.29, 0.717) is 5.91 Å². The maximum atomic E-state index is 12.7.